The molecule has 6 heteroatoms. The molecule has 0 bridgehead atoms. The number of hydrogen-bond donors (Lipinski definition) is 0. The van der Waals surface area contributed by atoms with Crippen molar-refractivity contribution >= 4 is 5.91 Å². The van der Waals surface area contributed by atoms with Gasteiger partial charge in [-0.3, -0.25) is 9.69 Å². The van der Waals surface area contributed by atoms with Crippen LogP contribution in [0.25, 0.3) is 0 Å². The van der Waals surface area contributed by atoms with Gasteiger partial charge in [-0.2, -0.15) is 0 Å². The Balaban J connectivity index is 1.68. The molecule has 1 aromatic heterocycles. The number of benzene rings is 1. The molecule has 2 aromatic rings. The van der Waals surface area contributed by atoms with Crippen molar-refractivity contribution in [2.45, 2.75) is 53.0 Å². The Morgan fingerprint density at radius 1 is 1.21 bits per heavy atom. The fraction of sp³-hybridized carbons (Fsp3) is 0.522. The van der Waals surface area contributed by atoms with Crippen LogP contribution in [-0.2, 0) is 17.8 Å². The highest BCUT2D eigenvalue weighted by Crippen LogP contribution is 2.27. The number of hydrogen-bond acceptors (Lipinski definition) is 4. The van der Waals surface area contributed by atoms with Crippen molar-refractivity contribution in [3.05, 3.63) is 58.4 Å². The first-order valence-electron chi connectivity index (χ1n) is 10.5. The number of amides is 1. The average Bonchev–Trinajstić information content (AvgIpc) is 3.14. The first-order valence-corrected chi connectivity index (χ1v) is 10.5. The molecule has 1 saturated heterocycles. The zero-order valence-corrected chi connectivity index (χ0v) is 17.9. The Hall–Kier alpha value is -2.34. The molecule has 0 aliphatic carbocycles. The molecule has 5 nitrogen and oxygen atoms in total. The van der Waals surface area contributed by atoms with Crippen LogP contribution in [0.4, 0.5) is 4.39 Å². The molecule has 0 saturated carbocycles. The van der Waals surface area contributed by atoms with Gasteiger partial charge in [-0.25, -0.2) is 14.4 Å². The van der Waals surface area contributed by atoms with Gasteiger partial charge < -0.3 is 4.90 Å². The van der Waals surface area contributed by atoms with E-state index in [1.165, 1.54) is 6.07 Å². The second-order valence-electron chi connectivity index (χ2n) is 7.82. The molecule has 3 rings (SSSR count). The van der Waals surface area contributed by atoms with E-state index in [9.17, 15) is 9.18 Å². The minimum Gasteiger partial charge on any atom is -0.343 e. The zero-order chi connectivity index (χ0) is 21.0. The van der Waals surface area contributed by atoms with Gasteiger partial charge in [0.25, 0.3) is 0 Å². The van der Waals surface area contributed by atoms with Gasteiger partial charge in [0, 0.05) is 49.0 Å². The lowest BCUT2D eigenvalue weighted by molar-refractivity contribution is -0.130. The number of likely N-dealkylation sites (tertiary alicyclic amines) is 1. The number of halogens is 1. The summed E-state index contributed by atoms with van der Waals surface area (Å²) in [4.78, 5) is 26.2. The summed E-state index contributed by atoms with van der Waals surface area (Å²) < 4.78 is 13.4. The molecule has 29 heavy (non-hydrogen) atoms. The molecule has 1 aliphatic heterocycles. The van der Waals surface area contributed by atoms with Gasteiger partial charge >= 0.3 is 0 Å². The standard InChI is InChI=1S/C23H31FN4O/c1-5-28(6-2)22(29)13-21-16(3)25-23(26-17(21)4)19-10-11-27(15-19)14-18-8-7-9-20(24)12-18/h7-9,12,19H,5-6,10-11,13-15H2,1-4H3/t19-/m1/s1. The summed E-state index contributed by atoms with van der Waals surface area (Å²) in [6.45, 7) is 11.9. The number of aromatic nitrogens is 2. The van der Waals surface area contributed by atoms with Crippen molar-refractivity contribution in [2.75, 3.05) is 26.2 Å². The lowest BCUT2D eigenvalue weighted by atomic mass is 10.0. The number of likely N-dealkylation sites (N-methyl/N-ethyl adjacent to an activating group) is 1. The normalized spacial score (nSPS) is 16.9. The topological polar surface area (TPSA) is 49.3 Å². The van der Waals surface area contributed by atoms with Crippen LogP contribution < -0.4 is 0 Å². The van der Waals surface area contributed by atoms with E-state index in [2.05, 4.69) is 4.90 Å². The quantitative estimate of drug-likeness (QED) is 0.715. The van der Waals surface area contributed by atoms with Crippen molar-refractivity contribution < 1.29 is 9.18 Å². The summed E-state index contributed by atoms with van der Waals surface area (Å²) in [5.74, 6) is 1.07. The van der Waals surface area contributed by atoms with Gasteiger partial charge in [-0.15, -0.1) is 0 Å². The van der Waals surface area contributed by atoms with E-state index in [1.807, 2.05) is 38.7 Å². The van der Waals surface area contributed by atoms with Gasteiger partial charge in [-0.1, -0.05) is 12.1 Å². The monoisotopic (exact) mass is 398 g/mol. The van der Waals surface area contributed by atoms with Crippen molar-refractivity contribution in [3.63, 3.8) is 0 Å². The minimum atomic E-state index is -0.192. The third kappa shape index (κ3) is 5.18. The summed E-state index contributed by atoms with van der Waals surface area (Å²) in [7, 11) is 0. The van der Waals surface area contributed by atoms with Crippen LogP contribution >= 0.6 is 0 Å². The number of aryl methyl sites for hydroxylation is 2. The lowest BCUT2D eigenvalue weighted by Crippen LogP contribution is -2.32. The van der Waals surface area contributed by atoms with E-state index < -0.39 is 0 Å². The number of nitrogens with zero attached hydrogens (tertiary/aromatic N) is 4. The lowest BCUT2D eigenvalue weighted by Gasteiger charge is -2.20. The maximum atomic E-state index is 13.4. The Labute approximate surface area is 173 Å². The highest BCUT2D eigenvalue weighted by atomic mass is 19.1. The summed E-state index contributed by atoms with van der Waals surface area (Å²) in [5.41, 5.74) is 3.73. The van der Waals surface area contributed by atoms with Crippen LogP contribution in [0.5, 0.6) is 0 Å². The second kappa shape index (κ2) is 9.44. The Morgan fingerprint density at radius 3 is 2.52 bits per heavy atom. The van der Waals surface area contributed by atoms with Gasteiger partial charge in [0.2, 0.25) is 5.91 Å². The van der Waals surface area contributed by atoms with Crippen molar-refractivity contribution in [3.8, 4) is 0 Å². The van der Waals surface area contributed by atoms with Gasteiger partial charge in [0.1, 0.15) is 11.6 Å². The molecule has 0 spiro atoms. The highest BCUT2D eigenvalue weighted by molar-refractivity contribution is 5.79. The van der Waals surface area contributed by atoms with Crippen molar-refractivity contribution in [1.82, 2.24) is 19.8 Å². The zero-order valence-electron chi connectivity index (χ0n) is 17.9. The first kappa shape index (κ1) is 21.4. The van der Waals surface area contributed by atoms with Crippen LogP contribution in [0.15, 0.2) is 24.3 Å². The van der Waals surface area contributed by atoms with Gasteiger partial charge in [0.15, 0.2) is 0 Å². The fourth-order valence-corrected chi connectivity index (χ4v) is 4.12. The van der Waals surface area contributed by atoms with Gasteiger partial charge in [-0.05, 0) is 58.4 Å². The first-order chi connectivity index (χ1) is 13.9. The van der Waals surface area contributed by atoms with E-state index in [4.69, 9.17) is 9.97 Å². The third-order valence-corrected chi connectivity index (χ3v) is 5.81. The SMILES string of the molecule is CCN(CC)C(=O)Cc1c(C)nc([C@@H]2CCN(Cc3cccc(F)c3)C2)nc1C. The average molecular weight is 399 g/mol. The van der Waals surface area contributed by atoms with Crippen molar-refractivity contribution in [2.24, 2.45) is 0 Å². The second-order valence-corrected chi connectivity index (χ2v) is 7.82. The summed E-state index contributed by atoms with van der Waals surface area (Å²) in [6, 6.07) is 6.79. The van der Waals surface area contributed by atoms with Crippen molar-refractivity contribution in [1.29, 1.82) is 0 Å². The molecule has 1 atom stereocenters. The summed E-state index contributed by atoms with van der Waals surface area (Å²) >= 11 is 0. The molecule has 2 heterocycles. The molecule has 0 radical (unpaired) electrons. The molecule has 0 N–H and O–H groups in total. The fourth-order valence-electron chi connectivity index (χ4n) is 4.12. The van der Waals surface area contributed by atoms with E-state index in [0.29, 0.717) is 6.42 Å². The molecule has 1 fully saturated rings. The Kier molecular flexibility index (Phi) is 6.96. The minimum absolute atomic E-state index is 0.125. The molecular formula is C23H31FN4O. The summed E-state index contributed by atoms with van der Waals surface area (Å²) in [5, 5.41) is 0. The Morgan fingerprint density at radius 2 is 1.90 bits per heavy atom. The predicted octanol–water partition coefficient (Wildman–Crippen LogP) is 3.63. The maximum Gasteiger partial charge on any atom is 0.227 e. The number of rotatable bonds is 7. The Bertz CT molecular complexity index is 843. The van der Waals surface area contributed by atoms with Crippen LogP contribution in [0.1, 0.15) is 54.5 Å². The van der Waals surface area contributed by atoms with Gasteiger partial charge in [0.05, 0.1) is 6.42 Å². The molecule has 0 unspecified atom stereocenters. The molecule has 1 aromatic carbocycles. The van der Waals surface area contributed by atoms with E-state index >= 15 is 0 Å². The third-order valence-electron chi connectivity index (χ3n) is 5.81. The number of carbonyl (C=O) groups is 1. The van der Waals surface area contributed by atoms with E-state index in [0.717, 1.165) is 67.5 Å². The molecule has 1 amide bonds. The highest BCUT2D eigenvalue weighted by Gasteiger charge is 2.27. The molecule has 156 valence electrons. The van der Waals surface area contributed by atoms with Crippen LogP contribution in [0.3, 0.4) is 0 Å². The smallest absolute Gasteiger partial charge is 0.227 e. The number of carbonyl (C=O) groups excluding carboxylic acids is 1. The maximum absolute atomic E-state index is 13.4. The van der Waals surface area contributed by atoms with Crippen LogP contribution in [0.2, 0.25) is 0 Å². The molecule has 1 aliphatic rings. The van der Waals surface area contributed by atoms with E-state index in [-0.39, 0.29) is 17.6 Å². The van der Waals surface area contributed by atoms with Crippen LogP contribution in [0, 0.1) is 19.7 Å². The summed E-state index contributed by atoms with van der Waals surface area (Å²) in [6.07, 6.45) is 1.35. The largest absolute Gasteiger partial charge is 0.343 e. The predicted molar refractivity (Wildman–Crippen MR) is 112 cm³/mol. The van der Waals surface area contributed by atoms with E-state index in [1.54, 1.807) is 12.1 Å². The van der Waals surface area contributed by atoms with Crippen LogP contribution in [-0.4, -0.2) is 51.9 Å². The molecular weight excluding hydrogens is 367 g/mol.